The van der Waals surface area contributed by atoms with E-state index in [1.807, 2.05) is 19.1 Å². The summed E-state index contributed by atoms with van der Waals surface area (Å²) in [7, 11) is -2.82. The normalized spacial score (nSPS) is 20.5. The number of sulfone groups is 1. The summed E-state index contributed by atoms with van der Waals surface area (Å²) in [6.07, 6.45) is 0.732. The first-order valence-electron chi connectivity index (χ1n) is 6.24. The zero-order chi connectivity index (χ0) is 13.2. The molecular formula is C13H20N2O2S. The number of aryl methyl sites for hydroxylation is 1. The molecule has 2 N–H and O–H groups in total. The molecule has 1 saturated heterocycles. The Morgan fingerprint density at radius 3 is 2.78 bits per heavy atom. The van der Waals surface area contributed by atoms with Crippen LogP contribution < -0.4 is 5.73 Å². The van der Waals surface area contributed by atoms with Gasteiger partial charge in [0.1, 0.15) is 0 Å². The van der Waals surface area contributed by atoms with Crippen molar-refractivity contribution < 1.29 is 8.42 Å². The van der Waals surface area contributed by atoms with Gasteiger partial charge in [0, 0.05) is 18.8 Å². The van der Waals surface area contributed by atoms with Crippen LogP contribution in [-0.2, 0) is 16.4 Å². The Balaban J connectivity index is 2.03. The van der Waals surface area contributed by atoms with Gasteiger partial charge in [-0.25, -0.2) is 8.42 Å². The number of anilines is 1. The fraction of sp³-hybridized carbons (Fsp3) is 0.538. The van der Waals surface area contributed by atoms with E-state index >= 15 is 0 Å². The lowest BCUT2D eigenvalue weighted by Gasteiger charge is -2.19. The van der Waals surface area contributed by atoms with Gasteiger partial charge in [-0.1, -0.05) is 12.1 Å². The molecule has 0 amide bonds. The summed E-state index contributed by atoms with van der Waals surface area (Å²) in [5.74, 6) is 0.602. The lowest BCUT2D eigenvalue weighted by atomic mass is 10.1. The highest BCUT2D eigenvalue weighted by Gasteiger charge is 2.19. The smallest absolute Gasteiger partial charge is 0.151 e. The fourth-order valence-corrected chi connectivity index (χ4v) is 3.55. The minimum absolute atomic E-state index is 0.279. The summed E-state index contributed by atoms with van der Waals surface area (Å²) in [6, 6.07) is 6.01. The van der Waals surface area contributed by atoms with Crippen LogP contribution in [0.15, 0.2) is 18.2 Å². The minimum Gasteiger partial charge on any atom is -0.399 e. The Morgan fingerprint density at radius 1 is 1.28 bits per heavy atom. The second-order valence-corrected chi connectivity index (χ2v) is 7.28. The molecule has 0 unspecified atom stereocenters. The number of rotatable bonds is 2. The monoisotopic (exact) mass is 268 g/mol. The zero-order valence-electron chi connectivity index (χ0n) is 10.7. The molecule has 1 aromatic carbocycles. The van der Waals surface area contributed by atoms with Gasteiger partial charge in [0.05, 0.1) is 11.5 Å². The first kappa shape index (κ1) is 13.4. The number of nitrogens with two attached hydrogens (primary N) is 1. The number of benzene rings is 1. The van der Waals surface area contributed by atoms with Crippen LogP contribution in [0, 0.1) is 6.92 Å². The molecular weight excluding hydrogens is 248 g/mol. The Hall–Kier alpha value is -1.07. The van der Waals surface area contributed by atoms with E-state index in [-0.39, 0.29) is 5.75 Å². The maximum absolute atomic E-state index is 11.5. The van der Waals surface area contributed by atoms with Crippen LogP contribution in [-0.4, -0.2) is 37.9 Å². The predicted molar refractivity (Wildman–Crippen MR) is 74.1 cm³/mol. The predicted octanol–water partition coefficient (Wildman–Crippen LogP) is 1.20. The van der Waals surface area contributed by atoms with Crippen LogP contribution in [0.2, 0.25) is 0 Å². The van der Waals surface area contributed by atoms with E-state index in [4.69, 9.17) is 5.73 Å². The molecule has 1 aromatic rings. The van der Waals surface area contributed by atoms with E-state index in [1.165, 1.54) is 5.56 Å². The Labute approximate surface area is 109 Å². The van der Waals surface area contributed by atoms with Crippen molar-refractivity contribution in [3.05, 3.63) is 29.3 Å². The van der Waals surface area contributed by atoms with Crippen molar-refractivity contribution in [1.29, 1.82) is 0 Å². The van der Waals surface area contributed by atoms with Crippen molar-refractivity contribution in [2.24, 2.45) is 0 Å². The summed E-state index contributed by atoms with van der Waals surface area (Å²) < 4.78 is 23.0. The summed E-state index contributed by atoms with van der Waals surface area (Å²) >= 11 is 0. The van der Waals surface area contributed by atoms with Gasteiger partial charge in [-0.05, 0) is 37.1 Å². The number of hydrogen-bond acceptors (Lipinski definition) is 4. The number of hydrogen-bond donors (Lipinski definition) is 1. The van der Waals surface area contributed by atoms with Crippen LogP contribution in [0.5, 0.6) is 0 Å². The standard InChI is InChI=1S/C13H20N2O2S/c1-11-9-12(3-4-13(11)14)10-15-5-2-7-18(16,17)8-6-15/h3-4,9H,2,5-8,10,14H2,1H3. The molecule has 1 aliphatic heterocycles. The third kappa shape index (κ3) is 3.46. The van der Waals surface area contributed by atoms with E-state index < -0.39 is 9.84 Å². The maximum Gasteiger partial charge on any atom is 0.151 e. The Bertz CT molecular complexity index is 526. The molecule has 1 aliphatic rings. The maximum atomic E-state index is 11.5. The molecule has 1 fully saturated rings. The van der Waals surface area contributed by atoms with Crippen LogP contribution >= 0.6 is 0 Å². The van der Waals surface area contributed by atoms with E-state index in [9.17, 15) is 8.42 Å². The number of nitrogens with zero attached hydrogens (tertiary/aromatic N) is 1. The van der Waals surface area contributed by atoms with Gasteiger partial charge in [-0.15, -0.1) is 0 Å². The average Bonchev–Trinajstić information content (AvgIpc) is 2.46. The summed E-state index contributed by atoms with van der Waals surface area (Å²) in [6.45, 7) is 4.27. The van der Waals surface area contributed by atoms with Gasteiger partial charge < -0.3 is 5.73 Å². The molecule has 0 saturated carbocycles. The first-order valence-corrected chi connectivity index (χ1v) is 8.06. The molecule has 2 rings (SSSR count). The fourth-order valence-electron chi connectivity index (χ4n) is 2.24. The number of nitrogen functional groups attached to an aromatic ring is 1. The molecule has 0 atom stereocenters. The van der Waals surface area contributed by atoms with Crippen molar-refractivity contribution in [1.82, 2.24) is 4.90 Å². The summed E-state index contributed by atoms with van der Waals surface area (Å²) in [5, 5.41) is 0. The molecule has 0 aliphatic carbocycles. The molecule has 18 heavy (non-hydrogen) atoms. The molecule has 0 aromatic heterocycles. The zero-order valence-corrected chi connectivity index (χ0v) is 11.5. The second-order valence-electron chi connectivity index (χ2n) is 4.97. The average molecular weight is 268 g/mol. The van der Waals surface area contributed by atoms with E-state index in [1.54, 1.807) is 0 Å². The van der Waals surface area contributed by atoms with E-state index in [0.717, 1.165) is 30.8 Å². The highest BCUT2D eigenvalue weighted by Crippen LogP contribution is 2.15. The minimum atomic E-state index is -2.82. The van der Waals surface area contributed by atoms with Crippen LogP contribution in [0.25, 0.3) is 0 Å². The molecule has 0 spiro atoms. The largest absolute Gasteiger partial charge is 0.399 e. The van der Waals surface area contributed by atoms with Gasteiger partial charge in [0.15, 0.2) is 9.84 Å². The SMILES string of the molecule is Cc1cc(CN2CCCS(=O)(=O)CC2)ccc1N. The molecule has 0 radical (unpaired) electrons. The summed E-state index contributed by atoms with van der Waals surface area (Å²) in [4.78, 5) is 2.20. The van der Waals surface area contributed by atoms with Gasteiger partial charge in [0.2, 0.25) is 0 Å². The highest BCUT2D eigenvalue weighted by atomic mass is 32.2. The van der Waals surface area contributed by atoms with Crippen molar-refractivity contribution in [3.8, 4) is 0 Å². The third-order valence-electron chi connectivity index (χ3n) is 3.39. The van der Waals surface area contributed by atoms with Crippen molar-refractivity contribution in [2.45, 2.75) is 19.9 Å². The van der Waals surface area contributed by atoms with Gasteiger partial charge in [0.25, 0.3) is 0 Å². The molecule has 0 bridgehead atoms. The van der Waals surface area contributed by atoms with E-state index in [0.29, 0.717) is 12.3 Å². The molecule has 4 nitrogen and oxygen atoms in total. The second kappa shape index (κ2) is 5.28. The van der Waals surface area contributed by atoms with Crippen molar-refractivity contribution in [2.75, 3.05) is 30.3 Å². The third-order valence-corrected chi connectivity index (χ3v) is 5.10. The Kier molecular flexibility index (Phi) is 3.92. The van der Waals surface area contributed by atoms with Gasteiger partial charge in [-0.2, -0.15) is 0 Å². The highest BCUT2D eigenvalue weighted by molar-refractivity contribution is 7.91. The van der Waals surface area contributed by atoms with Crippen LogP contribution in [0.3, 0.4) is 0 Å². The molecule has 5 heteroatoms. The van der Waals surface area contributed by atoms with Crippen molar-refractivity contribution in [3.63, 3.8) is 0 Å². The first-order chi connectivity index (χ1) is 8.46. The van der Waals surface area contributed by atoms with Crippen LogP contribution in [0.4, 0.5) is 5.69 Å². The Morgan fingerprint density at radius 2 is 2.06 bits per heavy atom. The summed E-state index contributed by atoms with van der Waals surface area (Å²) in [5.41, 5.74) is 8.87. The van der Waals surface area contributed by atoms with E-state index in [2.05, 4.69) is 11.0 Å². The van der Waals surface area contributed by atoms with Gasteiger partial charge in [-0.3, -0.25) is 4.90 Å². The lowest BCUT2D eigenvalue weighted by molar-refractivity contribution is 0.287. The van der Waals surface area contributed by atoms with Crippen molar-refractivity contribution >= 4 is 15.5 Å². The molecule has 100 valence electrons. The lowest BCUT2D eigenvalue weighted by Crippen LogP contribution is -2.26. The van der Waals surface area contributed by atoms with Gasteiger partial charge >= 0.3 is 0 Å². The topological polar surface area (TPSA) is 63.4 Å². The molecule has 1 heterocycles. The van der Waals surface area contributed by atoms with Crippen LogP contribution in [0.1, 0.15) is 17.5 Å². The quantitative estimate of drug-likeness (QED) is 0.819.